The maximum Gasteiger partial charge on any atom is 0.270 e. The first-order chi connectivity index (χ1) is 15.1. The van der Waals surface area contributed by atoms with E-state index in [0.717, 1.165) is 22.5 Å². The van der Waals surface area contributed by atoms with Crippen LogP contribution in [0.4, 0.5) is 33.3 Å². The number of nitro benzene ring substituents is 1. The highest BCUT2D eigenvalue weighted by atomic mass is 32.2. The molecule has 0 saturated carbocycles. The van der Waals surface area contributed by atoms with E-state index in [9.17, 15) is 40.5 Å². The summed E-state index contributed by atoms with van der Waals surface area (Å²) < 4.78 is 99.2. The molecule has 1 heterocycles. The summed E-state index contributed by atoms with van der Waals surface area (Å²) >= 11 is 0. The number of nitro groups is 1. The Balaban J connectivity index is 2.00. The van der Waals surface area contributed by atoms with Crippen molar-refractivity contribution in [3.8, 4) is 0 Å². The lowest BCUT2D eigenvalue weighted by Gasteiger charge is -2.26. The van der Waals surface area contributed by atoms with Crippen molar-refractivity contribution in [3.05, 3.63) is 63.0 Å². The SMILES string of the molecule is O=[N+]([O-])c1ccc(N/N=C/c2c(F)c(F)c(F)c(F)c2F)c(S(=O)(=O)N2CCOCC2)c1. The summed E-state index contributed by atoms with van der Waals surface area (Å²) in [5.41, 5.74) is -0.143. The van der Waals surface area contributed by atoms with Crippen LogP contribution in [0.15, 0.2) is 28.2 Å². The van der Waals surface area contributed by atoms with E-state index < -0.39 is 60.2 Å². The van der Waals surface area contributed by atoms with Crippen LogP contribution in [0.1, 0.15) is 5.56 Å². The van der Waals surface area contributed by atoms with Gasteiger partial charge < -0.3 is 4.74 Å². The van der Waals surface area contributed by atoms with Crippen molar-refractivity contribution in [2.45, 2.75) is 4.90 Å². The molecular weight excluding hydrogens is 467 g/mol. The van der Waals surface area contributed by atoms with Gasteiger partial charge in [0.05, 0.1) is 35.6 Å². The second kappa shape index (κ2) is 9.13. The molecule has 0 radical (unpaired) electrons. The smallest absolute Gasteiger partial charge is 0.270 e. The molecule has 1 aliphatic rings. The lowest BCUT2D eigenvalue weighted by Crippen LogP contribution is -2.40. The number of non-ortho nitro benzene ring substituents is 1. The molecule has 0 bridgehead atoms. The second-order valence-corrected chi connectivity index (χ2v) is 8.21. The Hall–Kier alpha value is -3.17. The van der Waals surface area contributed by atoms with Gasteiger partial charge in [-0.15, -0.1) is 0 Å². The number of sulfonamides is 1. The molecule has 1 N–H and O–H groups in total. The molecule has 15 heteroatoms. The van der Waals surface area contributed by atoms with Crippen molar-refractivity contribution >= 4 is 27.6 Å². The third-order valence-corrected chi connectivity index (χ3v) is 6.32. The van der Waals surface area contributed by atoms with E-state index in [0.29, 0.717) is 0 Å². The van der Waals surface area contributed by atoms with Gasteiger partial charge in [0, 0.05) is 25.2 Å². The Morgan fingerprint density at radius 1 is 1.03 bits per heavy atom. The summed E-state index contributed by atoms with van der Waals surface area (Å²) in [6, 6.07) is 2.66. The fraction of sp³-hybridized carbons (Fsp3) is 0.235. The van der Waals surface area contributed by atoms with Gasteiger partial charge in [0.25, 0.3) is 5.69 Å². The van der Waals surface area contributed by atoms with Crippen molar-refractivity contribution in [1.29, 1.82) is 0 Å². The Morgan fingerprint density at radius 2 is 1.59 bits per heavy atom. The van der Waals surface area contributed by atoms with E-state index in [1.54, 1.807) is 0 Å². The molecule has 2 aromatic carbocycles. The minimum absolute atomic E-state index is 0.0295. The molecule has 32 heavy (non-hydrogen) atoms. The maximum atomic E-state index is 13.8. The maximum absolute atomic E-state index is 13.8. The highest BCUT2D eigenvalue weighted by molar-refractivity contribution is 7.89. The minimum Gasteiger partial charge on any atom is -0.379 e. The quantitative estimate of drug-likeness (QED) is 0.170. The van der Waals surface area contributed by atoms with Crippen molar-refractivity contribution in [2.24, 2.45) is 5.10 Å². The van der Waals surface area contributed by atoms with Crippen LogP contribution >= 0.6 is 0 Å². The fourth-order valence-electron chi connectivity index (χ4n) is 2.76. The number of hydrogen-bond acceptors (Lipinski definition) is 7. The molecule has 0 aromatic heterocycles. The second-order valence-electron chi connectivity index (χ2n) is 6.31. The number of hydrogen-bond donors (Lipinski definition) is 1. The molecule has 1 fully saturated rings. The monoisotopic (exact) mass is 480 g/mol. The third kappa shape index (κ3) is 4.39. The van der Waals surface area contributed by atoms with Crippen LogP contribution in [0.25, 0.3) is 0 Å². The zero-order valence-corrected chi connectivity index (χ0v) is 16.6. The molecule has 1 saturated heterocycles. The molecule has 0 unspecified atom stereocenters. The summed E-state index contributed by atoms with van der Waals surface area (Å²) in [5.74, 6) is -11.0. The van der Waals surface area contributed by atoms with E-state index in [2.05, 4.69) is 10.5 Å². The average Bonchev–Trinajstić information content (AvgIpc) is 2.79. The van der Waals surface area contributed by atoms with Crippen LogP contribution < -0.4 is 5.43 Å². The largest absolute Gasteiger partial charge is 0.379 e. The number of rotatable bonds is 6. The van der Waals surface area contributed by atoms with E-state index in [4.69, 9.17) is 4.74 Å². The number of benzene rings is 2. The lowest BCUT2D eigenvalue weighted by atomic mass is 10.2. The highest BCUT2D eigenvalue weighted by Crippen LogP contribution is 2.30. The summed E-state index contributed by atoms with van der Waals surface area (Å²) in [4.78, 5) is 9.66. The summed E-state index contributed by atoms with van der Waals surface area (Å²) in [6.45, 7) is 0.126. The first kappa shape index (κ1) is 23.5. The van der Waals surface area contributed by atoms with Crippen molar-refractivity contribution < 1.29 is 40.0 Å². The van der Waals surface area contributed by atoms with Crippen LogP contribution in [-0.4, -0.2) is 50.2 Å². The van der Waals surface area contributed by atoms with E-state index in [1.807, 2.05) is 0 Å². The fourth-order valence-corrected chi connectivity index (χ4v) is 4.33. The number of anilines is 1. The van der Waals surface area contributed by atoms with Gasteiger partial charge in [-0.1, -0.05) is 0 Å². The minimum atomic E-state index is -4.28. The number of hydrazone groups is 1. The van der Waals surface area contributed by atoms with Crippen molar-refractivity contribution in [2.75, 3.05) is 31.7 Å². The predicted octanol–water partition coefficient (Wildman–Crippen LogP) is 2.76. The molecule has 0 aliphatic carbocycles. The molecule has 172 valence electrons. The van der Waals surface area contributed by atoms with Gasteiger partial charge in [-0.2, -0.15) is 9.41 Å². The molecule has 2 aromatic rings. The third-order valence-electron chi connectivity index (χ3n) is 4.39. The normalized spacial score (nSPS) is 15.3. The molecular formula is C17H13F5N4O5S. The van der Waals surface area contributed by atoms with Gasteiger partial charge in [-0.05, 0) is 6.07 Å². The molecule has 3 rings (SSSR count). The van der Waals surface area contributed by atoms with Gasteiger partial charge in [-0.3, -0.25) is 15.5 Å². The number of nitrogens with one attached hydrogen (secondary N) is 1. The zero-order chi connectivity index (χ0) is 23.6. The molecule has 0 amide bonds. The lowest BCUT2D eigenvalue weighted by molar-refractivity contribution is -0.385. The average molecular weight is 480 g/mol. The number of morpholine rings is 1. The van der Waals surface area contributed by atoms with Gasteiger partial charge in [0.2, 0.25) is 15.8 Å². The van der Waals surface area contributed by atoms with Gasteiger partial charge >= 0.3 is 0 Å². The highest BCUT2D eigenvalue weighted by Gasteiger charge is 2.30. The Bertz CT molecular complexity index is 1170. The number of ether oxygens (including phenoxy) is 1. The van der Waals surface area contributed by atoms with Crippen molar-refractivity contribution in [3.63, 3.8) is 0 Å². The van der Waals surface area contributed by atoms with Gasteiger partial charge in [0.15, 0.2) is 23.3 Å². The Labute approximate surface area is 177 Å². The predicted molar refractivity (Wildman–Crippen MR) is 100 cm³/mol. The van der Waals surface area contributed by atoms with Crippen molar-refractivity contribution in [1.82, 2.24) is 4.31 Å². The summed E-state index contributed by atoms with van der Waals surface area (Å²) in [6.07, 6.45) is 0.267. The van der Waals surface area contributed by atoms with E-state index in [-0.39, 0.29) is 38.2 Å². The molecule has 1 aliphatic heterocycles. The van der Waals surface area contributed by atoms with Gasteiger partial charge in [-0.25, -0.2) is 30.4 Å². The molecule has 0 spiro atoms. The molecule has 9 nitrogen and oxygen atoms in total. The topological polar surface area (TPSA) is 114 Å². The van der Waals surface area contributed by atoms with Crippen LogP contribution in [0.2, 0.25) is 0 Å². The standard InChI is InChI=1S/C17H13F5N4O5S/c18-13-10(14(19)16(21)17(22)15(13)20)8-23-24-11-2-1-9(26(27)28)7-12(11)32(29,30)25-3-5-31-6-4-25/h1-2,7-8,24H,3-6H2/b23-8+. The Kier molecular flexibility index (Phi) is 6.71. The first-order valence-corrected chi connectivity index (χ1v) is 10.2. The zero-order valence-electron chi connectivity index (χ0n) is 15.8. The van der Waals surface area contributed by atoms with Crippen LogP contribution in [0.3, 0.4) is 0 Å². The number of nitrogens with zero attached hydrogens (tertiary/aromatic N) is 3. The van der Waals surface area contributed by atoms with E-state index in [1.165, 1.54) is 0 Å². The van der Waals surface area contributed by atoms with Crippen LogP contribution in [-0.2, 0) is 14.8 Å². The first-order valence-electron chi connectivity index (χ1n) is 8.72. The summed E-state index contributed by atoms with van der Waals surface area (Å²) in [7, 11) is -4.28. The summed E-state index contributed by atoms with van der Waals surface area (Å²) in [5, 5.41) is 14.4. The van der Waals surface area contributed by atoms with E-state index >= 15 is 0 Å². The molecule has 0 atom stereocenters. The Morgan fingerprint density at radius 3 is 2.16 bits per heavy atom. The van der Waals surface area contributed by atoms with Crippen LogP contribution in [0, 0.1) is 39.2 Å². The van der Waals surface area contributed by atoms with Crippen LogP contribution in [0.5, 0.6) is 0 Å². The van der Waals surface area contributed by atoms with Gasteiger partial charge in [0.1, 0.15) is 4.90 Å². The number of halogens is 5.